The highest BCUT2D eigenvalue weighted by Gasteiger charge is 2.32. The van der Waals surface area contributed by atoms with E-state index in [9.17, 15) is 0 Å². The fourth-order valence-corrected chi connectivity index (χ4v) is 1.89. The molecule has 1 aliphatic rings. The fraction of sp³-hybridized carbons (Fsp3) is 0.692. The van der Waals surface area contributed by atoms with Gasteiger partial charge in [0, 0.05) is 18.0 Å². The number of nitrogen functional groups attached to an aromatic ring is 1. The first-order valence-corrected chi connectivity index (χ1v) is 6.37. The Morgan fingerprint density at radius 1 is 1.41 bits per heavy atom. The number of aromatic nitrogens is 2. The van der Waals surface area contributed by atoms with Gasteiger partial charge in [0.05, 0.1) is 0 Å². The molecule has 1 fully saturated rings. The molecule has 1 aliphatic carbocycles. The van der Waals surface area contributed by atoms with E-state index in [1.54, 1.807) is 0 Å². The van der Waals surface area contributed by atoms with Crippen molar-refractivity contribution in [1.29, 1.82) is 0 Å². The third kappa shape index (κ3) is 2.68. The Morgan fingerprint density at radius 2 is 2.06 bits per heavy atom. The minimum Gasteiger partial charge on any atom is -0.383 e. The second-order valence-electron chi connectivity index (χ2n) is 5.45. The van der Waals surface area contributed by atoms with E-state index in [0.29, 0.717) is 11.7 Å². The highest BCUT2D eigenvalue weighted by atomic mass is 15.1. The molecule has 0 aromatic carbocycles. The van der Waals surface area contributed by atoms with Crippen LogP contribution in [0.3, 0.4) is 0 Å². The van der Waals surface area contributed by atoms with E-state index in [1.165, 1.54) is 6.42 Å². The van der Waals surface area contributed by atoms with Crippen LogP contribution in [0.25, 0.3) is 0 Å². The topological polar surface area (TPSA) is 63.8 Å². The summed E-state index contributed by atoms with van der Waals surface area (Å²) < 4.78 is 0. The van der Waals surface area contributed by atoms with Crippen LogP contribution in [-0.4, -0.2) is 16.5 Å². The largest absolute Gasteiger partial charge is 0.383 e. The van der Waals surface area contributed by atoms with Crippen LogP contribution >= 0.6 is 0 Å². The van der Waals surface area contributed by atoms with Crippen molar-refractivity contribution >= 4 is 11.6 Å². The lowest BCUT2D eigenvalue weighted by Crippen LogP contribution is -2.12. The Bertz CT molecular complexity index is 414. The zero-order chi connectivity index (χ0) is 12.6. The molecular formula is C13H22N4. The minimum atomic E-state index is 0.304. The molecule has 0 radical (unpaired) electrons. The summed E-state index contributed by atoms with van der Waals surface area (Å²) in [6, 6.07) is 0. The van der Waals surface area contributed by atoms with Gasteiger partial charge in [-0.05, 0) is 25.2 Å². The number of anilines is 2. The van der Waals surface area contributed by atoms with Gasteiger partial charge in [0.15, 0.2) is 0 Å². The first-order valence-electron chi connectivity index (χ1n) is 6.37. The average Bonchev–Trinajstić information content (AvgIpc) is 2.96. The number of nitrogens with zero attached hydrogens (tertiary/aromatic N) is 2. The molecule has 0 aliphatic heterocycles. The molecule has 4 nitrogen and oxygen atoms in total. The van der Waals surface area contributed by atoms with Gasteiger partial charge in [-0.2, -0.15) is 0 Å². The molecule has 2 unspecified atom stereocenters. The van der Waals surface area contributed by atoms with Crippen LogP contribution in [0.5, 0.6) is 0 Å². The maximum absolute atomic E-state index is 5.92. The van der Waals surface area contributed by atoms with Crippen molar-refractivity contribution in [2.24, 2.45) is 11.8 Å². The molecule has 1 heterocycles. The highest BCUT2D eigenvalue weighted by molar-refractivity contribution is 5.55. The lowest BCUT2D eigenvalue weighted by atomic mass is 10.2. The average molecular weight is 234 g/mol. The lowest BCUT2D eigenvalue weighted by Gasteiger charge is -2.13. The van der Waals surface area contributed by atoms with E-state index in [2.05, 4.69) is 36.1 Å². The smallest absolute Gasteiger partial charge is 0.135 e. The van der Waals surface area contributed by atoms with Gasteiger partial charge in [0.1, 0.15) is 17.5 Å². The number of hydrogen-bond acceptors (Lipinski definition) is 4. The predicted octanol–water partition coefficient (Wildman–Crippen LogP) is 2.56. The molecule has 94 valence electrons. The molecule has 1 aromatic rings. The van der Waals surface area contributed by atoms with Gasteiger partial charge < -0.3 is 11.1 Å². The summed E-state index contributed by atoms with van der Waals surface area (Å²) in [6.07, 6.45) is 1.32. The molecule has 2 rings (SSSR count). The van der Waals surface area contributed by atoms with Gasteiger partial charge in [-0.3, -0.25) is 0 Å². The third-order valence-electron chi connectivity index (χ3n) is 3.53. The van der Waals surface area contributed by atoms with E-state index in [-0.39, 0.29) is 0 Å². The van der Waals surface area contributed by atoms with Crippen LogP contribution in [-0.2, 0) is 0 Å². The molecule has 1 aromatic heterocycles. The summed E-state index contributed by atoms with van der Waals surface area (Å²) in [5, 5.41) is 3.41. The second-order valence-corrected chi connectivity index (χ2v) is 5.45. The van der Waals surface area contributed by atoms with Crippen molar-refractivity contribution in [2.45, 2.75) is 40.0 Å². The lowest BCUT2D eigenvalue weighted by molar-refractivity contribution is 0.760. The SMILES string of the molecule is Cc1c(N)nc(C(C)C)nc1NCC1CC1C. The van der Waals surface area contributed by atoms with Crippen LogP contribution in [0.2, 0.25) is 0 Å². The van der Waals surface area contributed by atoms with Gasteiger partial charge >= 0.3 is 0 Å². The predicted molar refractivity (Wildman–Crippen MR) is 71.0 cm³/mol. The van der Waals surface area contributed by atoms with Crippen LogP contribution in [0.15, 0.2) is 0 Å². The van der Waals surface area contributed by atoms with Gasteiger partial charge in [-0.15, -0.1) is 0 Å². The molecule has 17 heavy (non-hydrogen) atoms. The van der Waals surface area contributed by atoms with Crippen molar-refractivity contribution in [2.75, 3.05) is 17.6 Å². The van der Waals surface area contributed by atoms with Gasteiger partial charge in [0.25, 0.3) is 0 Å². The first kappa shape index (κ1) is 12.1. The van der Waals surface area contributed by atoms with Crippen molar-refractivity contribution in [3.05, 3.63) is 11.4 Å². The number of rotatable bonds is 4. The first-order chi connectivity index (χ1) is 7.99. The quantitative estimate of drug-likeness (QED) is 0.840. The van der Waals surface area contributed by atoms with Crippen LogP contribution in [0.1, 0.15) is 44.5 Å². The molecular weight excluding hydrogens is 212 g/mol. The summed E-state index contributed by atoms with van der Waals surface area (Å²) in [4.78, 5) is 8.87. The molecule has 1 saturated carbocycles. The summed E-state index contributed by atoms with van der Waals surface area (Å²) in [5.41, 5.74) is 6.88. The molecule has 3 N–H and O–H groups in total. The van der Waals surface area contributed by atoms with E-state index in [4.69, 9.17) is 5.73 Å². The van der Waals surface area contributed by atoms with Crippen LogP contribution in [0, 0.1) is 18.8 Å². The maximum atomic E-state index is 5.92. The Morgan fingerprint density at radius 3 is 2.59 bits per heavy atom. The summed E-state index contributed by atoms with van der Waals surface area (Å²) >= 11 is 0. The minimum absolute atomic E-state index is 0.304. The molecule has 0 bridgehead atoms. The zero-order valence-electron chi connectivity index (χ0n) is 11.1. The summed E-state index contributed by atoms with van der Waals surface area (Å²) in [5.74, 6) is 4.27. The Balaban J connectivity index is 2.13. The molecule has 0 amide bonds. The standard InChI is InChI=1S/C13H22N4/c1-7(2)12-16-11(14)9(4)13(17-12)15-6-10-5-8(10)3/h7-8,10H,5-6H2,1-4H3,(H3,14,15,16,17). The molecule has 2 atom stereocenters. The fourth-order valence-electron chi connectivity index (χ4n) is 1.89. The number of nitrogens with two attached hydrogens (primary N) is 1. The van der Waals surface area contributed by atoms with Gasteiger partial charge in [-0.25, -0.2) is 9.97 Å². The highest BCUT2D eigenvalue weighted by Crippen LogP contribution is 2.37. The Labute approximate surface area is 103 Å². The zero-order valence-corrected chi connectivity index (χ0v) is 11.1. The van der Waals surface area contributed by atoms with Crippen molar-refractivity contribution in [3.63, 3.8) is 0 Å². The monoisotopic (exact) mass is 234 g/mol. The Hall–Kier alpha value is -1.32. The van der Waals surface area contributed by atoms with Crippen LogP contribution in [0.4, 0.5) is 11.6 Å². The third-order valence-corrected chi connectivity index (χ3v) is 3.53. The van der Waals surface area contributed by atoms with Gasteiger partial charge in [-0.1, -0.05) is 20.8 Å². The number of nitrogens with one attached hydrogen (secondary N) is 1. The van der Waals surface area contributed by atoms with E-state index in [1.807, 2.05) is 6.92 Å². The van der Waals surface area contributed by atoms with Gasteiger partial charge in [0.2, 0.25) is 0 Å². The van der Waals surface area contributed by atoms with Crippen LogP contribution < -0.4 is 11.1 Å². The number of hydrogen-bond donors (Lipinski definition) is 2. The normalized spacial score (nSPS) is 22.9. The van der Waals surface area contributed by atoms with E-state index >= 15 is 0 Å². The molecule has 0 spiro atoms. The second kappa shape index (κ2) is 4.51. The summed E-state index contributed by atoms with van der Waals surface area (Å²) in [6.45, 7) is 9.41. The van der Waals surface area contributed by atoms with Crippen molar-refractivity contribution in [1.82, 2.24) is 9.97 Å². The Kier molecular flexibility index (Phi) is 3.22. The van der Waals surface area contributed by atoms with E-state index < -0.39 is 0 Å². The van der Waals surface area contributed by atoms with E-state index in [0.717, 1.165) is 35.6 Å². The van der Waals surface area contributed by atoms with Crippen molar-refractivity contribution < 1.29 is 0 Å². The maximum Gasteiger partial charge on any atom is 0.135 e. The molecule has 0 saturated heterocycles. The molecule has 4 heteroatoms. The van der Waals surface area contributed by atoms with Crippen molar-refractivity contribution in [3.8, 4) is 0 Å². The summed E-state index contributed by atoms with van der Waals surface area (Å²) in [7, 11) is 0.